The number of nitrogens with zero attached hydrogens (tertiary/aromatic N) is 3. The van der Waals surface area contributed by atoms with Crippen LogP contribution >= 0.6 is 38.9 Å². The number of aromatic nitrogens is 2. The quantitative estimate of drug-likeness (QED) is 0.229. The number of aryl methyl sites for hydroxylation is 1. The van der Waals surface area contributed by atoms with Crippen molar-refractivity contribution in [2.24, 2.45) is 0 Å². The van der Waals surface area contributed by atoms with Crippen molar-refractivity contribution < 1.29 is 18.3 Å². The highest BCUT2D eigenvalue weighted by molar-refractivity contribution is 9.11. The standard InChI is InChI=1S/C21H23BrClN3O4S2/c1-3-4-7-12-30-21(15-8-5-6-9-16(15)23)25-13-17(24-14(25)2)20(27)26(32(28)29)19-11-10-18(22)31-19/h5-6,8-11,13,21H,3-4,7,12H2,1-2H3,(H,28,29)/p-1. The average Bonchev–Trinajstić information content (AvgIpc) is 3.34. The minimum Gasteiger partial charge on any atom is -0.755 e. The molecule has 1 amide bonds. The van der Waals surface area contributed by atoms with Gasteiger partial charge >= 0.3 is 0 Å². The van der Waals surface area contributed by atoms with E-state index in [0.29, 0.717) is 25.5 Å². The Morgan fingerprint density at radius 3 is 2.72 bits per heavy atom. The third-order valence-corrected chi connectivity index (χ3v) is 7.41. The van der Waals surface area contributed by atoms with E-state index in [4.69, 9.17) is 16.3 Å². The van der Waals surface area contributed by atoms with Gasteiger partial charge in [-0.15, -0.1) is 11.3 Å². The van der Waals surface area contributed by atoms with Gasteiger partial charge in [-0.05, 0) is 47.5 Å². The first-order valence-electron chi connectivity index (χ1n) is 9.94. The summed E-state index contributed by atoms with van der Waals surface area (Å²) in [6, 6.07) is 10.5. The molecule has 2 aromatic heterocycles. The summed E-state index contributed by atoms with van der Waals surface area (Å²) < 4.78 is 32.9. The number of anilines is 1. The van der Waals surface area contributed by atoms with E-state index in [2.05, 4.69) is 27.8 Å². The molecule has 0 aliphatic rings. The molecule has 2 unspecified atom stereocenters. The molecule has 7 nitrogen and oxygen atoms in total. The first-order valence-corrected chi connectivity index (χ1v) is 13.0. The lowest BCUT2D eigenvalue weighted by molar-refractivity contribution is 0.0285. The Bertz CT molecular complexity index is 1100. The lowest BCUT2D eigenvalue weighted by Crippen LogP contribution is -2.32. The highest BCUT2D eigenvalue weighted by Crippen LogP contribution is 2.32. The number of ether oxygens (including phenoxy) is 1. The number of unbranched alkanes of at least 4 members (excludes halogenated alkanes) is 2. The average molecular weight is 560 g/mol. The molecular formula is C21H22BrClN3O4S2-. The van der Waals surface area contributed by atoms with Crippen LogP contribution in [0, 0.1) is 6.92 Å². The molecule has 0 fully saturated rings. The number of hydrogen-bond donors (Lipinski definition) is 0. The van der Waals surface area contributed by atoms with Crippen molar-refractivity contribution in [3.05, 3.63) is 68.5 Å². The van der Waals surface area contributed by atoms with E-state index in [9.17, 15) is 13.6 Å². The molecule has 0 bridgehead atoms. The Morgan fingerprint density at radius 1 is 1.34 bits per heavy atom. The number of thiophene rings is 1. The van der Waals surface area contributed by atoms with Gasteiger partial charge in [-0.25, -0.2) is 9.29 Å². The smallest absolute Gasteiger partial charge is 0.290 e. The predicted octanol–water partition coefficient (Wildman–Crippen LogP) is 5.86. The Morgan fingerprint density at radius 2 is 2.09 bits per heavy atom. The molecule has 11 heteroatoms. The molecule has 0 aliphatic heterocycles. The summed E-state index contributed by atoms with van der Waals surface area (Å²) >= 11 is 8.05. The van der Waals surface area contributed by atoms with E-state index in [1.807, 2.05) is 18.2 Å². The number of carbonyl (C=O) groups is 1. The Balaban J connectivity index is 1.96. The molecule has 0 saturated heterocycles. The fourth-order valence-corrected chi connectivity index (χ4v) is 5.36. The van der Waals surface area contributed by atoms with Crippen LogP contribution in [0.4, 0.5) is 5.00 Å². The number of benzene rings is 1. The van der Waals surface area contributed by atoms with E-state index >= 15 is 0 Å². The minimum absolute atomic E-state index is 0.00886. The van der Waals surface area contributed by atoms with Crippen LogP contribution in [-0.4, -0.2) is 30.8 Å². The summed E-state index contributed by atoms with van der Waals surface area (Å²) in [4.78, 5) is 17.4. The predicted molar refractivity (Wildman–Crippen MR) is 130 cm³/mol. The van der Waals surface area contributed by atoms with E-state index in [1.54, 1.807) is 29.7 Å². The van der Waals surface area contributed by atoms with Crippen LogP contribution in [0.2, 0.25) is 5.02 Å². The van der Waals surface area contributed by atoms with Crippen molar-refractivity contribution in [1.82, 2.24) is 9.55 Å². The van der Waals surface area contributed by atoms with Crippen LogP contribution in [0.3, 0.4) is 0 Å². The largest absolute Gasteiger partial charge is 0.755 e. The van der Waals surface area contributed by atoms with Gasteiger partial charge in [0.15, 0.2) is 6.23 Å². The molecule has 0 radical (unpaired) electrons. The lowest BCUT2D eigenvalue weighted by atomic mass is 10.2. The van der Waals surface area contributed by atoms with Crippen molar-refractivity contribution in [2.45, 2.75) is 39.3 Å². The maximum atomic E-state index is 13.1. The van der Waals surface area contributed by atoms with E-state index < -0.39 is 23.4 Å². The van der Waals surface area contributed by atoms with E-state index in [0.717, 1.165) is 36.2 Å². The van der Waals surface area contributed by atoms with Gasteiger partial charge in [0.2, 0.25) is 0 Å². The van der Waals surface area contributed by atoms with Gasteiger partial charge in [0, 0.05) is 23.4 Å². The van der Waals surface area contributed by atoms with Gasteiger partial charge < -0.3 is 13.9 Å². The molecule has 0 N–H and O–H groups in total. The summed E-state index contributed by atoms with van der Waals surface area (Å²) in [7, 11) is 0. The number of carbonyl (C=O) groups excluding carboxylic acids is 1. The molecule has 3 rings (SSSR count). The van der Waals surface area contributed by atoms with Gasteiger partial charge in [-0.1, -0.05) is 49.6 Å². The number of hydrogen-bond acceptors (Lipinski definition) is 6. The maximum Gasteiger partial charge on any atom is 0.290 e. The normalized spacial score (nSPS) is 13.2. The summed E-state index contributed by atoms with van der Waals surface area (Å²) in [5.41, 5.74) is 0.724. The third kappa shape index (κ3) is 5.86. The van der Waals surface area contributed by atoms with Gasteiger partial charge in [0.1, 0.15) is 16.5 Å². The Kier molecular flexibility index (Phi) is 9.04. The molecule has 32 heavy (non-hydrogen) atoms. The summed E-state index contributed by atoms with van der Waals surface area (Å²) in [5, 5.41) is 0.792. The fraction of sp³-hybridized carbons (Fsp3) is 0.333. The Hall–Kier alpha value is -1.56. The van der Waals surface area contributed by atoms with Crippen molar-refractivity contribution in [3.8, 4) is 0 Å². The highest BCUT2D eigenvalue weighted by atomic mass is 79.9. The van der Waals surface area contributed by atoms with Crippen LogP contribution < -0.4 is 4.31 Å². The monoisotopic (exact) mass is 558 g/mol. The molecule has 3 aromatic rings. The van der Waals surface area contributed by atoms with Gasteiger partial charge in [0.25, 0.3) is 5.91 Å². The molecule has 0 spiro atoms. The van der Waals surface area contributed by atoms with E-state index in [1.165, 1.54) is 6.20 Å². The first-order chi connectivity index (χ1) is 15.3. The van der Waals surface area contributed by atoms with Gasteiger partial charge in [-0.2, -0.15) is 0 Å². The van der Waals surface area contributed by atoms with Gasteiger partial charge in [0.05, 0.1) is 15.1 Å². The number of rotatable bonds is 10. The zero-order valence-corrected chi connectivity index (χ0v) is 21.5. The number of halogens is 2. The molecule has 172 valence electrons. The Labute approximate surface area is 206 Å². The zero-order valence-electron chi connectivity index (χ0n) is 17.5. The lowest BCUT2D eigenvalue weighted by Gasteiger charge is -2.22. The number of amides is 1. The zero-order chi connectivity index (χ0) is 23.3. The SMILES string of the molecule is CCCCCOC(c1ccccc1Cl)n1cc(C(=O)N(c2ccc(Br)s2)S(=O)[O-])nc1C. The second kappa shape index (κ2) is 11.5. The maximum absolute atomic E-state index is 13.1. The molecular weight excluding hydrogens is 538 g/mol. The van der Waals surface area contributed by atoms with E-state index in [-0.39, 0.29) is 10.7 Å². The summed E-state index contributed by atoms with van der Waals surface area (Å²) in [6.07, 6.45) is 3.88. The molecule has 0 saturated carbocycles. The van der Waals surface area contributed by atoms with Crippen LogP contribution in [0.15, 0.2) is 46.4 Å². The molecule has 2 heterocycles. The highest BCUT2D eigenvalue weighted by Gasteiger charge is 2.26. The minimum atomic E-state index is -2.80. The molecule has 0 aliphatic carbocycles. The summed E-state index contributed by atoms with van der Waals surface area (Å²) in [6.45, 7) is 4.35. The number of imidazole rings is 1. The van der Waals surface area contributed by atoms with Crippen LogP contribution in [-0.2, 0) is 16.0 Å². The third-order valence-electron chi connectivity index (χ3n) is 4.68. The second-order valence-corrected chi connectivity index (χ2v) is 10.6. The fourth-order valence-electron chi connectivity index (χ4n) is 3.13. The van der Waals surface area contributed by atoms with Crippen LogP contribution in [0.1, 0.15) is 54.3 Å². The summed E-state index contributed by atoms with van der Waals surface area (Å²) in [5.74, 6) is -0.254. The first kappa shape index (κ1) is 25.1. The topological polar surface area (TPSA) is 87.5 Å². The molecule has 2 atom stereocenters. The van der Waals surface area contributed by atoms with Crippen molar-refractivity contribution >= 4 is 61.0 Å². The van der Waals surface area contributed by atoms with Crippen molar-refractivity contribution in [1.29, 1.82) is 0 Å². The van der Waals surface area contributed by atoms with Gasteiger partial charge in [-0.3, -0.25) is 9.00 Å². The second-order valence-electron chi connectivity index (χ2n) is 6.93. The van der Waals surface area contributed by atoms with Crippen LogP contribution in [0.25, 0.3) is 0 Å². The van der Waals surface area contributed by atoms with Crippen LogP contribution in [0.5, 0.6) is 0 Å². The molecule has 1 aromatic carbocycles. The van der Waals surface area contributed by atoms with Crippen molar-refractivity contribution in [3.63, 3.8) is 0 Å². The van der Waals surface area contributed by atoms with Crippen molar-refractivity contribution in [2.75, 3.05) is 10.9 Å².